The van der Waals surface area contributed by atoms with E-state index < -0.39 is 5.97 Å². The number of hydrogen-bond acceptors (Lipinski definition) is 5. The number of aliphatic carboxylic acids is 1. The van der Waals surface area contributed by atoms with Crippen LogP contribution in [0.1, 0.15) is 30.0 Å². The zero-order chi connectivity index (χ0) is 16.8. The molecule has 24 heavy (non-hydrogen) atoms. The molecule has 0 amide bonds. The number of piperidine rings is 1. The van der Waals surface area contributed by atoms with Gasteiger partial charge in [-0.1, -0.05) is 12.1 Å². The largest absolute Gasteiger partial charge is 0.482 e. The Morgan fingerprint density at radius 3 is 2.83 bits per heavy atom. The van der Waals surface area contributed by atoms with Crippen LogP contribution in [0.4, 0.5) is 0 Å². The van der Waals surface area contributed by atoms with E-state index in [1.54, 1.807) is 12.5 Å². The van der Waals surface area contributed by atoms with Crippen LogP contribution in [0.3, 0.4) is 0 Å². The van der Waals surface area contributed by atoms with Gasteiger partial charge in [-0.15, -0.1) is 0 Å². The molecule has 0 bridgehead atoms. The molecule has 126 valence electrons. The number of nitrogens with zero attached hydrogens (tertiary/aromatic N) is 3. The van der Waals surface area contributed by atoms with Crippen molar-refractivity contribution >= 4 is 5.97 Å². The van der Waals surface area contributed by atoms with E-state index in [2.05, 4.69) is 14.9 Å². The average molecular weight is 327 g/mol. The Morgan fingerprint density at radius 1 is 1.29 bits per heavy atom. The molecule has 0 unspecified atom stereocenters. The van der Waals surface area contributed by atoms with E-state index in [0.29, 0.717) is 11.7 Å². The third kappa shape index (κ3) is 4.52. The van der Waals surface area contributed by atoms with Crippen LogP contribution in [0, 0.1) is 0 Å². The molecular formula is C18H21N3O3. The van der Waals surface area contributed by atoms with Gasteiger partial charge in [-0.05, 0) is 43.1 Å². The highest BCUT2D eigenvalue weighted by Crippen LogP contribution is 2.26. The lowest BCUT2D eigenvalue weighted by Gasteiger charge is -2.32. The first kappa shape index (κ1) is 16.4. The summed E-state index contributed by atoms with van der Waals surface area (Å²) in [5.74, 6) is 0.0711. The molecule has 6 heteroatoms. The van der Waals surface area contributed by atoms with Gasteiger partial charge >= 0.3 is 5.97 Å². The number of hydrogen-bond donors (Lipinski definition) is 1. The summed E-state index contributed by atoms with van der Waals surface area (Å²) in [7, 11) is 0. The molecule has 3 rings (SSSR count). The summed E-state index contributed by atoms with van der Waals surface area (Å²) in [6.45, 7) is 2.64. The van der Waals surface area contributed by atoms with Gasteiger partial charge in [0.2, 0.25) is 0 Å². The van der Waals surface area contributed by atoms with E-state index >= 15 is 0 Å². The normalized spacial score (nSPS) is 18.2. The van der Waals surface area contributed by atoms with Crippen molar-refractivity contribution in [1.29, 1.82) is 0 Å². The summed E-state index contributed by atoms with van der Waals surface area (Å²) in [4.78, 5) is 21.3. The number of aromatic nitrogens is 2. The molecule has 6 nitrogen and oxygen atoms in total. The summed E-state index contributed by atoms with van der Waals surface area (Å²) < 4.78 is 5.16. The number of ether oxygens (including phenoxy) is 1. The van der Waals surface area contributed by atoms with Crippen LogP contribution in [0.25, 0.3) is 0 Å². The number of likely N-dealkylation sites (tertiary alicyclic amines) is 1. The zero-order valence-electron chi connectivity index (χ0n) is 13.5. The summed E-state index contributed by atoms with van der Waals surface area (Å²) in [5, 5.41) is 8.62. The van der Waals surface area contributed by atoms with Crippen molar-refractivity contribution in [1.82, 2.24) is 14.9 Å². The summed E-state index contributed by atoms with van der Waals surface area (Å²) in [6.07, 6.45) is 5.74. The molecule has 0 aliphatic carbocycles. The van der Waals surface area contributed by atoms with Gasteiger partial charge in [-0.25, -0.2) is 14.8 Å². The number of rotatable bonds is 6. The van der Waals surface area contributed by atoms with Gasteiger partial charge in [0.15, 0.2) is 6.61 Å². The molecule has 1 fully saturated rings. The molecule has 1 aromatic heterocycles. The molecule has 1 N–H and O–H groups in total. The first-order chi connectivity index (χ1) is 11.7. The molecule has 0 radical (unpaired) electrons. The lowest BCUT2D eigenvalue weighted by molar-refractivity contribution is -0.139. The van der Waals surface area contributed by atoms with Crippen molar-refractivity contribution in [2.45, 2.75) is 25.3 Å². The Labute approximate surface area is 141 Å². The van der Waals surface area contributed by atoms with Crippen LogP contribution in [0.15, 0.2) is 42.9 Å². The van der Waals surface area contributed by atoms with Crippen LogP contribution in [0.2, 0.25) is 0 Å². The molecule has 1 aliphatic heterocycles. The molecule has 1 aromatic carbocycles. The third-order valence-electron chi connectivity index (χ3n) is 4.22. The zero-order valence-corrected chi connectivity index (χ0v) is 13.5. The van der Waals surface area contributed by atoms with Crippen molar-refractivity contribution in [2.75, 3.05) is 19.7 Å². The minimum atomic E-state index is -0.969. The summed E-state index contributed by atoms with van der Waals surface area (Å²) in [5.41, 5.74) is 2.31. The highest BCUT2D eigenvalue weighted by Gasteiger charge is 2.22. The Kier molecular flexibility index (Phi) is 5.38. The van der Waals surface area contributed by atoms with Gasteiger partial charge in [-0.2, -0.15) is 0 Å². The standard InChI is InChI=1S/C18H21N3O3/c22-18(23)12-24-16-5-3-14(4-6-16)10-21-9-1-2-15(11-21)17-7-8-19-13-20-17/h3-8,13,15H,1-2,9-12H2,(H,22,23)/t15-/m0/s1. The first-order valence-electron chi connectivity index (χ1n) is 8.12. The average Bonchev–Trinajstić information content (AvgIpc) is 2.62. The number of carboxylic acid groups (broad SMARTS) is 1. The minimum absolute atomic E-state index is 0.313. The highest BCUT2D eigenvalue weighted by atomic mass is 16.5. The van der Waals surface area contributed by atoms with E-state index in [1.807, 2.05) is 30.3 Å². The molecule has 1 atom stereocenters. The van der Waals surface area contributed by atoms with Crippen LogP contribution in [-0.2, 0) is 11.3 Å². The molecule has 1 saturated heterocycles. The van der Waals surface area contributed by atoms with E-state index in [-0.39, 0.29) is 6.61 Å². The Bertz CT molecular complexity index is 661. The fourth-order valence-electron chi connectivity index (χ4n) is 3.08. The molecule has 0 saturated carbocycles. The van der Waals surface area contributed by atoms with Crippen molar-refractivity contribution in [2.24, 2.45) is 0 Å². The van der Waals surface area contributed by atoms with Crippen molar-refractivity contribution in [3.63, 3.8) is 0 Å². The van der Waals surface area contributed by atoms with E-state index in [0.717, 1.165) is 38.2 Å². The lowest BCUT2D eigenvalue weighted by Crippen LogP contribution is -2.34. The lowest BCUT2D eigenvalue weighted by atomic mass is 9.94. The minimum Gasteiger partial charge on any atom is -0.482 e. The topological polar surface area (TPSA) is 75.6 Å². The van der Waals surface area contributed by atoms with Gasteiger partial charge in [0.1, 0.15) is 12.1 Å². The molecule has 2 heterocycles. The highest BCUT2D eigenvalue weighted by molar-refractivity contribution is 5.68. The predicted molar refractivity (Wildman–Crippen MR) is 88.9 cm³/mol. The van der Waals surface area contributed by atoms with Crippen molar-refractivity contribution in [3.05, 3.63) is 54.1 Å². The van der Waals surface area contributed by atoms with Gasteiger partial charge < -0.3 is 9.84 Å². The van der Waals surface area contributed by atoms with E-state index in [1.165, 1.54) is 5.56 Å². The SMILES string of the molecule is O=C(O)COc1ccc(CN2CCC[C@H](c3ccncn3)C2)cc1. The maximum absolute atomic E-state index is 10.5. The molecule has 2 aromatic rings. The van der Waals surface area contributed by atoms with Gasteiger partial charge in [-0.3, -0.25) is 4.90 Å². The fourth-order valence-corrected chi connectivity index (χ4v) is 3.08. The fraction of sp³-hybridized carbons (Fsp3) is 0.389. The van der Waals surface area contributed by atoms with Gasteiger partial charge in [0, 0.05) is 30.9 Å². The van der Waals surface area contributed by atoms with Crippen LogP contribution in [0.5, 0.6) is 5.75 Å². The first-order valence-corrected chi connectivity index (χ1v) is 8.12. The van der Waals surface area contributed by atoms with Gasteiger partial charge in [0.25, 0.3) is 0 Å². The second-order valence-corrected chi connectivity index (χ2v) is 6.03. The maximum atomic E-state index is 10.5. The monoisotopic (exact) mass is 327 g/mol. The summed E-state index contributed by atoms with van der Waals surface area (Å²) in [6, 6.07) is 9.63. The Morgan fingerprint density at radius 2 is 2.12 bits per heavy atom. The second-order valence-electron chi connectivity index (χ2n) is 6.03. The second kappa shape index (κ2) is 7.88. The van der Waals surface area contributed by atoms with Crippen LogP contribution in [-0.4, -0.2) is 45.6 Å². The molecule has 1 aliphatic rings. The van der Waals surface area contributed by atoms with Crippen molar-refractivity contribution in [3.8, 4) is 5.75 Å². The van der Waals surface area contributed by atoms with Crippen molar-refractivity contribution < 1.29 is 14.6 Å². The third-order valence-corrected chi connectivity index (χ3v) is 4.22. The van der Waals surface area contributed by atoms with Crippen LogP contribution >= 0.6 is 0 Å². The summed E-state index contributed by atoms with van der Waals surface area (Å²) >= 11 is 0. The van der Waals surface area contributed by atoms with Crippen LogP contribution < -0.4 is 4.74 Å². The van der Waals surface area contributed by atoms with E-state index in [4.69, 9.17) is 9.84 Å². The number of carboxylic acids is 1. The van der Waals surface area contributed by atoms with Gasteiger partial charge in [0.05, 0.1) is 0 Å². The smallest absolute Gasteiger partial charge is 0.341 e. The quantitative estimate of drug-likeness (QED) is 0.877. The maximum Gasteiger partial charge on any atom is 0.341 e. The predicted octanol–water partition coefficient (Wildman–Crippen LogP) is 2.32. The Balaban J connectivity index is 1.56. The number of benzene rings is 1. The van der Waals surface area contributed by atoms with E-state index in [9.17, 15) is 4.79 Å². The number of carbonyl (C=O) groups is 1. The Hall–Kier alpha value is -2.47. The molecule has 0 spiro atoms. The molecular weight excluding hydrogens is 306 g/mol.